The molecular formula is C18H13BO2. The largest absolute Gasteiger partial charge is 0.489 e. The van der Waals surface area contributed by atoms with Gasteiger partial charge in [-0.2, -0.15) is 0 Å². The van der Waals surface area contributed by atoms with Crippen LogP contribution < -0.4 is 5.46 Å². The van der Waals surface area contributed by atoms with Crippen molar-refractivity contribution in [1.29, 1.82) is 0 Å². The van der Waals surface area contributed by atoms with E-state index in [2.05, 4.69) is 30.3 Å². The molecule has 0 radical (unpaired) electrons. The molecule has 0 unspecified atom stereocenters. The molecule has 0 aromatic heterocycles. The van der Waals surface area contributed by atoms with Crippen molar-refractivity contribution in [3.8, 4) is 0 Å². The molecule has 0 aliphatic carbocycles. The van der Waals surface area contributed by atoms with Crippen LogP contribution in [0.15, 0.2) is 66.7 Å². The lowest BCUT2D eigenvalue weighted by Gasteiger charge is -2.09. The summed E-state index contributed by atoms with van der Waals surface area (Å²) < 4.78 is 0. The molecular weight excluding hydrogens is 259 g/mol. The molecule has 0 aliphatic rings. The van der Waals surface area contributed by atoms with Gasteiger partial charge < -0.3 is 10.0 Å². The van der Waals surface area contributed by atoms with Crippen molar-refractivity contribution in [3.05, 3.63) is 66.7 Å². The van der Waals surface area contributed by atoms with Crippen molar-refractivity contribution in [3.63, 3.8) is 0 Å². The van der Waals surface area contributed by atoms with Crippen molar-refractivity contribution in [2.45, 2.75) is 0 Å². The van der Waals surface area contributed by atoms with Crippen molar-refractivity contribution in [2.75, 3.05) is 0 Å². The molecule has 4 aromatic carbocycles. The number of hydrogen-bond donors (Lipinski definition) is 2. The van der Waals surface area contributed by atoms with Gasteiger partial charge in [0, 0.05) is 0 Å². The molecule has 0 saturated heterocycles. The van der Waals surface area contributed by atoms with Crippen LogP contribution in [0.1, 0.15) is 0 Å². The second kappa shape index (κ2) is 4.59. The van der Waals surface area contributed by atoms with Crippen molar-refractivity contribution in [2.24, 2.45) is 0 Å². The minimum absolute atomic E-state index is 0.544. The van der Waals surface area contributed by atoms with Gasteiger partial charge in [0.25, 0.3) is 0 Å². The van der Waals surface area contributed by atoms with Crippen LogP contribution in [0, 0.1) is 0 Å². The summed E-state index contributed by atoms with van der Waals surface area (Å²) in [6.07, 6.45) is 0. The Kier molecular flexibility index (Phi) is 2.71. The van der Waals surface area contributed by atoms with Gasteiger partial charge in [-0.05, 0) is 49.9 Å². The van der Waals surface area contributed by atoms with Gasteiger partial charge in [-0.15, -0.1) is 0 Å². The summed E-state index contributed by atoms with van der Waals surface area (Å²) in [6, 6.07) is 22.2. The van der Waals surface area contributed by atoms with E-state index < -0.39 is 7.12 Å². The standard InChI is InChI=1S/C18H13BO2/c20-19(21)18-7-3-5-13-10-16-14(11-17(13)18)9-8-12-4-1-2-6-15(12)16/h1-11,20-21H. The van der Waals surface area contributed by atoms with E-state index in [1.807, 2.05) is 30.3 Å². The topological polar surface area (TPSA) is 40.5 Å². The van der Waals surface area contributed by atoms with Gasteiger partial charge in [-0.25, -0.2) is 0 Å². The molecule has 3 heteroatoms. The zero-order valence-electron chi connectivity index (χ0n) is 11.3. The van der Waals surface area contributed by atoms with Gasteiger partial charge in [-0.1, -0.05) is 54.6 Å². The number of hydrogen-bond acceptors (Lipinski definition) is 2. The summed E-state index contributed by atoms with van der Waals surface area (Å²) in [5.74, 6) is 0. The molecule has 0 atom stereocenters. The van der Waals surface area contributed by atoms with Crippen LogP contribution in [0.25, 0.3) is 32.3 Å². The fourth-order valence-electron chi connectivity index (χ4n) is 3.03. The first kappa shape index (κ1) is 12.4. The highest BCUT2D eigenvalue weighted by Gasteiger charge is 2.14. The predicted octanol–water partition coefficient (Wildman–Crippen LogP) is 2.83. The Hall–Kier alpha value is -2.36. The van der Waals surface area contributed by atoms with Crippen molar-refractivity contribution < 1.29 is 10.0 Å². The molecule has 21 heavy (non-hydrogen) atoms. The van der Waals surface area contributed by atoms with Crippen LogP contribution in [0.4, 0.5) is 0 Å². The molecule has 2 N–H and O–H groups in total. The third-order valence-corrected chi connectivity index (χ3v) is 4.06. The summed E-state index contributed by atoms with van der Waals surface area (Å²) in [7, 11) is -1.45. The molecule has 0 saturated carbocycles. The summed E-state index contributed by atoms with van der Waals surface area (Å²) in [5.41, 5.74) is 0.544. The van der Waals surface area contributed by atoms with Gasteiger partial charge in [0.1, 0.15) is 0 Å². The van der Waals surface area contributed by atoms with E-state index >= 15 is 0 Å². The van der Waals surface area contributed by atoms with Crippen LogP contribution in [-0.2, 0) is 0 Å². The molecule has 4 aromatic rings. The lowest BCUT2D eigenvalue weighted by molar-refractivity contribution is 0.426. The molecule has 4 rings (SSSR count). The zero-order chi connectivity index (χ0) is 14.4. The second-order valence-electron chi connectivity index (χ2n) is 5.30. The first-order chi connectivity index (χ1) is 10.2. The monoisotopic (exact) mass is 272 g/mol. The SMILES string of the molecule is OB(O)c1cccc2cc3c(ccc4ccccc43)cc12. The molecule has 0 bridgehead atoms. The average Bonchev–Trinajstić information content (AvgIpc) is 2.52. The zero-order valence-corrected chi connectivity index (χ0v) is 11.3. The van der Waals surface area contributed by atoms with Crippen LogP contribution >= 0.6 is 0 Å². The van der Waals surface area contributed by atoms with E-state index in [-0.39, 0.29) is 0 Å². The highest BCUT2D eigenvalue weighted by molar-refractivity contribution is 6.62. The van der Waals surface area contributed by atoms with E-state index in [9.17, 15) is 10.0 Å². The third-order valence-electron chi connectivity index (χ3n) is 4.06. The van der Waals surface area contributed by atoms with Gasteiger partial charge in [-0.3, -0.25) is 0 Å². The lowest BCUT2D eigenvalue weighted by atomic mass is 9.77. The Labute approximate surface area is 122 Å². The summed E-state index contributed by atoms with van der Waals surface area (Å²) in [5, 5.41) is 25.7. The van der Waals surface area contributed by atoms with E-state index in [0.717, 1.165) is 16.2 Å². The van der Waals surface area contributed by atoms with Gasteiger partial charge in [0.15, 0.2) is 0 Å². The number of rotatable bonds is 1. The Morgan fingerprint density at radius 3 is 2.10 bits per heavy atom. The quantitative estimate of drug-likeness (QED) is 0.318. The van der Waals surface area contributed by atoms with E-state index in [1.54, 1.807) is 6.07 Å². The van der Waals surface area contributed by atoms with Crippen molar-refractivity contribution >= 4 is 44.9 Å². The predicted molar refractivity (Wildman–Crippen MR) is 88.8 cm³/mol. The highest BCUT2D eigenvalue weighted by Crippen LogP contribution is 2.28. The summed E-state index contributed by atoms with van der Waals surface area (Å²) in [4.78, 5) is 0. The average molecular weight is 272 g/mol. The Morgan fingerprint density at radius 1 is 0.571 bits per heavy atom. The Balaban J connectivity index is 2.18. The lowest BCUT2D eigenvalue weighted by Crippen LogP contribution is -2.30. The molecule has 0 spiro atoms. The molecule has 0 heterocycles. The molecule has 2 nitrogen and oxygen atoms in total. The molecule has 0 amide bonds. The molecule has 0 aliphatic heterocycles. The third kappa shape index (κ3) is 1.90. The maximum atomic E-state index is 9.52. The van der Waals surface area contributed by atoms with E-state index in [4.69, 9.17) is 0 Å². The Bertz CT molecular complexity index is 976. The second-order valence-corrected chi connectivity index (χ2v) is 5.30. The maximum Gasteiger partial charge on any atom is 0.489 e. The first-order valence-corrected chi connectivity index (χ1v) is 6.94. The van der Waals surface area contributed by atoms with Crippen LogP contribution in [-0.4, -0.2) is 17.2 Å². The Morgan fingerprint density at radius 2 is 1.24 bits per heavy atom. The van der Waals surface area contributed by atoms with Crippen LogP contribution in [0.5, 0.6) is 0 Å². The van der Waals surface area contributed by atoms with Gasteiger partial charge >= 0.3 is 7.12 Å². The first-order valence-electron chi connectivity index (χ1n) is 6.94. The van der Waals surface area contributed by atoms with Crippen LogP contribution in [0.2, 0.25) is 0 Å². The number of benzene rings is 4. The van der Waals surface area contributed by atoms with Crippen molar-refractivity contribution in [1.82, 2.24) is 0 Å². The minimum Gasteiger partial charge on any atom is -0.423 e. The minimum atomic E-state index is -1.45. The summed E-state index contributed by atoms with van der Waals surface area (Å²) >= 11 is 0. The molecule has 100 valence electrons. The number of fused-ring (bicyclic) bond motifs is 4. The van der Waals surface area contributed by atoms with Gasteiger partial charge in [0.05, 0.1) is 0 Å². The smallest absolute Gasteiger partial charge is 0.423 e. The van der Waals surface area contributed by atoms with E-state index in [1.165, 1.54) is 16.2 Å². The normalized spacial score (nSPS) is 11.3. The molecule has 0 fully saturated rings. The summed E-state index contributed by atoms with van der Waals surface area (Å²) in [6.45, 7) is 0. The highest BCUT2D eigenvalue weighted by atomic mass is 16.4. The van der Waals surface area contributed by atoms with E-state index in [0.29, 0.717) is 5.46 Å². The fraction of sp³-hybridized carbons (Fsp3) is 0. The maximum absolute atomic E-state index is 9.52. The fourth-order valence-corrected chi connectivity index (χ4v) is 3.03. The van der Waals surface area contributed by atoms with Gasteiger partial charge in [0.2, 0.25) is 0 Å². The van der Waals surface area contributed by atoms with Crippen LogP contribution in [0.3, 0.4) is 0 Å².